The molecule has 0 amide bonds. The first-order valence-corrected chi connectivity index (χ1v) is 7.51. The lowest BCUT2D eigenvalue weighted by Gasteiger charge is -2.46. The predicted octanol–water partition coefficient (Wildman–Crippen LogP) is 1.49. The highest BCUT2D eigenvalue weighted by molar-refractivity contribution is 5.51. The first-order valence-electron chi connectivity index (χ1n) is 7.51. The zero-order chi connectivity index (χ0) is 14.8. The minimum atomic E-state index is -0.365. The Kier molecular flexibility index (Phi) is 4.07. The number of hydrogen-bond donors (Lipinski definition) is 1. The quantitative estimate of drug-likeness (QED) is 0.672. The molecular weight excluding hydrogens is 270 g/mol. The highest BCUT2D eigenvalue weighted by atomic mass is 16.6. The second kappa shape index (κ2) is 5.99. The Morgan fingerprint density at radius 3 is 2.29 bits per heavy atom. The van der Waals surface area contributed by atoms with Crippen molar-refractivity contribution < 1.29 is 10.0 Å². The van der Waals surface area contributed by atoms with E-state index in [2.05, 4.69) is 9.80 Å². The molecule has 0 atom stereocenters. The summed E-state index contributed by atoms with van der Waals surface area (Å²) in [5, 5.41) is 19.7. The van der Waals surface area contributed by atoms with E-state index in [0.29, 0.717) is 18.6 Å². The largest absolute Gasteiger partial charge is 0.396 e. The topological polar surface area (TPSA) is 69.9 Å². The van der Waals surface area contributed by atoms with Gasteiger partial charge in [0.1, 0.15) is 0 Å². The highest BCUT2D eigenvalue weighted by Gasteiger charge is 2.34. The molecule has 1 aliphatic carbocycles. The van der Waals surface area contributed by atoms with E-state index in [1.807, 2.05) is 12.1 Å². The van der Waals surface area contributed by atoms with Crippen molar-refractivity contribution in [1.82, 2.24) is 4.90 Å². The van der Waals surface area contributed by atoms with Crippen molar-refractivity contribution in [3.63, 3.8) is 0 Å². The van der Waals surface area contributed by atoms with E-state index >= 15 is 0 Å². The molecule has 1 heterocycles. The van der Waals surface area contributed by atoms with Crippen LogP contribution in [0.25, 0.3) is 0 Å². The number of rotatable bonds is 4. The SMILES string of the molecule is O=[N+]([O-])c1ccc(N2CCN(C3CC(CO)C3)CC2)cc1. The number of piperazine rings is 1. The fourth-order valence-corrected chi connectivity index (χ4v) is 3.28. The second-order valence-electron chi connectivity index (χ2n) is 5.97. The van der Waals surface area contributed by atoms with Gasteiger partial charge in [0.15, 0.2) is 0 Å². The van der Waals surface area contributed by atoms with Crippen LogP contribution in [-0.4, -0.2) is 53.8 Å². The van der Waals surface area contributed by atoms with Crippen molar-refractivity contribution in [2.24, 2.45) is 5.92 Å². The third-order valence-electron chi connectivity index (χ3n) is 4.73. The van der Waals surface area contributed by atoms with E-state index in [1.165, 1.54) is 0 Å². The van der Waals surface area contributed by atoms with Gasteiger partial charge in [-0.15, -0.1) is 0 Å². The summed E-state index contributed by atoms with van der Waals surface area (Å²) in [4.78, 5) is 15.1. The van der Waals surface area contributed by atoms with E-state index in [9.17, 15) is 10.1 Å². The Bertz CT molecular complexity index is 491. The lowest BCUT2D eigenvalue weighted by Crippen LogP contribution is -2.54. The highest BCUT2D eigenvalue weighted by Crippen LogP contribution is 2.32. The summed E-state index contributed by atoms with van der Waals surface area (Å²) in [5.41, 5.74) is 1.20. The van der Waals surface area contributed by atoms with Gasteiger partial charge in [0.05, 0.1) is 4.92 Å². The second-order valence-corrected chi connectivity index (χ2v) is 5.97. The van der Waals surface area contributed by atoms with Crippen molar-refractivity contribution in [2.75, 3.05) is 37.7 Å². The van der Waals surface area contributed by atoms with Gasteiger partial charge in [-0.25, -0.2) is 0 Å². The van der Waals surface area contributed by atoms with E-state index in [0.717, 1.165) is 44.7 Å². The van der Waals surface area contributed by atoms with E-state index < -0.39 is 0 Å². The smallest absolute Gasteiger partial charge is 0.269 e. The fraction of sp³-hybridized carbons (Fsp3) is 0.600. The van der Waals surface area contributed by atoms with Gasteiger partial charge >= 0.3 is 0 Å². The molecule has 0 unspecified atom stereocenters. The van der Waals surface area contributed by atoms with Crippen LogP contribution in [0.1, 0.15) is 12.8 Å². The number of benzene rings is 1. The average Bonchev–Trinajstić information content (AvgIpc) is 2.47. The molecule has 1 aromatic carbocycles. The van der Waals surface area contributed by atoms with Crippen LogP contribution in [0.15, 0.2) is 24.3 Å². The first-order chi connectivity index (χ1) is 10.2. The Balaban J connectivity index is 1.52. The van der Waals surface area contributed by atoms with Crippen molar-refractivity contribution in [3.05, 3.63) is 34.4 Å². The van der Waals surface area contributed by atoms with Gasteiger partial charge < -0.3 is 10.0 Å². The number of anilines is 1. The van der Waals surface area contributed by atoms with E-state index in [1.54, 1.807) is 12.1 Å². The molecule has 0 spiro atoms. The zero-order valence-electron chi connectivity index (χ0n) is 12.0. The van der Waals surface area contributed by atoms with Gasteiger partial charge in [-0.2, -0.15) is 0 Å². The summed E-state index contributed by atoms with van der Waals surface area (Å²) >= 11 is 0. The van der Waals surface area contributed by atoms with Gasteiger partial charge in [0, 0.05) is 56.6 Å². The maximum atomic E-state index is 10.7. The molecule has 0 bridgehead atoms. The van der Waals surface area contributed by atoms with Crippen LogP contribution in [-0.2, 0) is 0 Å². The molecule has 6 heteroatoms. The van der Waals surface area contributed by atoms with Gasteiger partial charge in [0.25, 0.3) is 5.69 Å². The Morgan fingerprint density at radius 2 is 1.76 bits per heavy atom. The number of aliphatic hydroxyl groups is 1. The van der Waals surface area contributed by atoms with Crippen molar-refractivity contribution in [2.45, 2.75) is 18.9 Å². The normalized spacial score (nSPS) is 26.4. The summed E-state index contributed by atoms with van der Waals surface area (Å²) in [6.07, 6.45) is 2.24. The van der Waals surface area contributed by atoms with Crippen LogP contribution in [0, 0.1) is 16.0 Å². The molecule has 1 aromatic rings. The molecule has 21 heavy (non-hydrogen) atoms. The predicted molar refractivity (Wildman–Crippen MR) is 80.5 cm³/mol. The molecule has 0 radical (unpaired) electrons. The number of non-ortho nitro benzene ring substituents is 1. The van der Waals surface area contributed by atoms with Gasteiger partial charge in [-0.1, -0.05) is 0 Å². The molecule has 114 valence electrons. The molecule has 3 rings (SSSR count). The van der Waals surface area contributed by atoms with E-state index in [4.69, 9.17) is 5.11 Å². The number of hydrogen-bond acceptors (Lipinski definition) is 5. The van der Waals surface area contributed by atoms with Gasteiger partial charge in [-0.3, -0.25) is 15.0 Å². The molecule has 2 fully saturated rings. The third kappa shape index (κ3) is 3.01. The average molecular weight is 291 g/mol. The molecule has 2 aliphatic rings. The maximum Gasteiger partial charge on any atom is 0.269 e. The molecular formula is C15H21N3O3. The summed E-state index contributed by atoms with van der Waals surface area (Å²) < 4.78 is 0. The summed E-state index contributed by atoms with van der Waals surface area (Å²) in [6, 6.07) is 7.44. The molecule has 1 saturated heterocycles. The van der Waals surface area contributed by atoms with Crippen molar-refractivity contribution in [1.29, 1.82) is 0 Å². The summed E-state index contributed by atoms with van der Waals surface area (Å²) in [5.74, 6) is 0.503. The maximum absolute atomic E-state index is 10.7. The Hall–Kier alpha value is -1.66. The summed E-state index contributed by atoms with van der Waals surface area (Å²) in [6.45, 7) is 4.29. The van der Waals surface area contributed by atoms with Crippen LogP contribution in [0.3, 0.4) is 0 Å². The Labute approximate surface area is 124 Å². The molecule has 6 nitrogen and oxygen atoms in total. The Morgan fingerprint density at radius 1 is 1.14 bits per heavy atom. The standard InChI is InChI=1S/C15H21N3O3/c19-11-12-9-15(10-12)17-7-5-16(6-8-17)13-1-3-14(4-2-13)18(20)21/h1-4,12,15,19H,5-11H2. The number of nitro groups is 1. The summed E-state index contributed by atoms with van der Waals surface area (Å²) in [7, 11) is 0. The van der Waals surface area contributed by atoms with Crippen molar-refractivity contribution >= 4 is 11.4 Å². The number of nitro benzene ring substituents is 1. The first kappa shape index (κ1) is 14.3. The van der Waals surface area contributed by atoms with Crippen LogP contribution < -0.4 is 4.90 Å². The number of aliphatic hydroxyl groups excluding tert-OH is 1. The fourth-order valence-electron chi connectivity index (χ4n) is 3.28. The third-order valence-corrected chi connectivity index (χ3v) is 4.73. The molecule has 1 N–H and O–H groups in total. The van der Waals surface area contributed by atoms with Crippen LogP contribution in [0.5, 0.6) is 0 Å². The van der Waals surface area contributed by atoms with Gasteiger partial charge in [-0.05, 0) is 30.9 Å². The van der Waals surface area contributed by atoms with E-state index in [-0.39, 0.29) is 10.6 Å². The van der Waals surface area contributed by atoms with Crippen LogP contribution >= 0.6 is 0 Å². The van der Waals surface area contributed by atoms with Gasteiger partial charge in [0.2, 0.25) is 0 Å². The van der Waals surface area contributed by atoms with Crippen LogP contribution in [0.2, 0.25) is 0 Å². The molecule has 1 aliphatic heterocycles. The minimum Gasteiger partial charge on any atom is -0.396 e. The van der Waals surface area contributed by atoms with Crippen molar-refractivity contribution in [3.8, 4) is 0 Å². The number of nitrogens with zero attached hydrogens (tertiary/aromatic N) is 3. The lowest BCUT2D eigenvalue weighted by atomic mass is 9.79. The molecule has 1 saturated carbocycles. The lowest BCUT2D eigenvalue weighted by molar-refractivity contribution is -0.384. The van der Waals surface area contributed by atoms with Crippen LogP contribution in [0.4, 0.5) is 11.4 Å². The molecule has 0 aromatic heterocycles. The zero-order valence-corrected chi connectivity index (χ0v) is 12.0. The monoisotopic (exact) mass is 291 g/mol. The minimum absolute atomic E-state index is 0.141.